The molecule has 3 rings (SSSR count). The van der Waals surface area contributed by atoms with Gasteiger partial charge in [-0.3, -0.25) is 14.4 Å². The highest BCUT2D eigenvalue weighted by atomic mass is 16.2. The molecule has 0 radical (unpaired) electrons. The molecule has 0 aromatic heterocycles. The van der Waals surface area contributed by atoms with Gasteiger partial charge < -0.3 is 15.1 Å². The summed E-state index contributed by atoms with van der Waals surface area (Å²) in [5, 5.41) is 2.95. The Morgan fingerprint density at radius 3 is 2.07 bits per heavy atom. The number of benzene rings is 1. The molecule has 6 heteroatoms. The van der Waals surface area contributed by atoms with Crippen LogP contribution in [-0.4, -0.2) is 53.7 Å². The largest absolute Gasteiger partial charge is 0.342 e. The van der Waals surface area contributed by atoms with Gasteiger partial charge in [0.2, 0.25) is 11.8 Å². The van der Waals surface area contributed by atoms with Crippen molar-refractivity contribution in [1.82, 2.24) is 9.80 Å². The molecule has 6 nitrogen and oxygen atoms in total. The van der Waals surface area contributed by atoms with Crippen LogP contribution < -0.4 is 5.32 Å². The molecule has 0 spiro atoms. The Hall–Kier alpha value is -2.37. The van der Waals surface area contributed by atoms with Crippen LogP contribution in [0.5, 0.6) is 0 Å². The second kappa shape index (κ2) is 8.55. The summed E-state index contributed by atoms with van der Waals surface area (Å²) in [6, 6.07) is 7.07. The van der Waals surface area contributed by atoms with E-state index in [-0.39, 0.29) is 29.6 Å². The summed E-state index contributed by atoms with van der Waals surface area (Å²) >= 11 is 0. The highest BCUT2D eigenvalue weighted by Crippen LogP contribution is 2.32. The van der Waals surface area contributed by atoms with Crippen LogP contribution in [0.25, 0.3) is 0 Å². The summed E-state index contributed by atoms with van der Waals surface area (Å²) in [5.41, 5.74) is 1.33. The van der Waals surface area contributed by atoms with Crippen LogP contribution in [0.2, 0.25) is 0 Å². The minimum Gasteiger partial charge on any atom is -0.342 e. The lowest BCUT2D eigenvalue weighted by molar-refractivity contribution is -0.135. The van der Waals surface area contributed by atoms with Crippen molar-refractivity contribution in [3.05, 3.63) is 29.8 Å². The lowest BCUT2D eigenvalue weighted by Crippen LogP contribution is -2.42. The van der Waals surface area contributed by atoms with Crippen LogP contribution in [0.15, 0.2) is 24.3 Å². The molecule has 1 saturated carbocycles. The first-order chi connectivity index (χ1) is 13.0. The Bertz CT molecular complexity index is 685. The van der Waals surface area contributed by atoms with Gasteiger partial charge >= 0.3 is 0 Å². The van der Waals surface area contributed by atoms with Crippen LogP contribution in [0.1, 0.15) is 49.9 Å². The molecule has 1 aliphatic heterocycles. The van der Waals surface area contributed by atoms with E-state index >= 15 is 0 Å². The molecule has 1 heterocycles. The average molecular weight is 371 g/mol. The second-order valence-electron chi connectivity index (χ2n) is 7.42. The number of carbonyl (C=O) groups excluding carboxylic acids is 3. The van der Waals surface area contributed by atoms with Crippen molar-refractivity contribution in [1.29, 1.82) is 0 Å². The highest BCUT2D eigenvalue weighted by Gasteiger charge is 2.35. The maximum absolute atomic E-state index is 12.5. The summed E-state index contributed by atoms with van der Waals surface area (Å²) in [6.07, 6.45) is 3.46. The maximum Gasteiger partial charge on any atom is 0.253 e. The molecule has 27 heavy (non-hydrogen) atoms. The van der Waals surface area contributed by atoms with Gasteiger partial charge in [0, 0.05) is 49.3 Å². The van der Waals surface area contributed by atoms with E-state index in [1.54, 1.807) is 29.2 Å². The van der Waals surface area contributed by atoms with Crippen molar-refractivity contribution < 1.29 is 14.4 Å². The lowest BCUT2D eigenvalue weighted by atomic mass is 9.95. The molecule has 1 aromatic carbocycles. The number of nitrogens with zero attached hydrogens (tertiary/aromatic N) is 2. The monoisotopic (exact) mass is 371 g/mol. The van der Waals surface area contributed by atoms with Crippen molar-refractivity contribution in [2.24, 2.45) is 11.8 Å². The summed E-state index contributed by atoms with van der Waals surface area (Å²) in [6.45, 7) is 6.61. The molecule has 2 fully saturated rings. The van der Waals surface area contributed by atoms with Crippen LogP contribution in [0.4, 0.5) is 5.69 Å². The zero-order chi connectivity index (χ0) is 19.4. The Labute approximate surface area is 160 Å². The van der Waals surface area contributed by atoms with Crippen molar-refractivity contribution in [3.8, 4) is 0 Å². The van der Waals surface area contributed by atoms with Gasteiger partial charge in [0.05, 0.1) is 0 Å². The van der Waals surface area contributed by atoms with Crippen LogP contribution in [-0.2, 0) is 9.59 Å². The van der Waals surface area contributed by atoms with Crippen molar-refractivity contribution >= 4 is 23.4 Å². The topological polar surface area (TPSA) is 69.7 Å². The fourth-order valence-electron chi connectivity index (χ4n) is 3.58. The van der Waals surface area contributed by atoms with Gasteiger partial charge in [-0.1, -0.05) is 0 Å². The van der Waals surface area contributed by atoms with E-state index < -0.39 is 0 Å². The SMILES string of the molecule is CCN(CC)C(=O)c1ccc(NC(=O)C2CCN(C(=O)C3CC3)CC2)cc1. The maximum atomic E-state index is 12.5. The Kier molecular flexibility index (Phi) is 6.14. The van der Waals surface area contributed by atoms with Gasteiger partial charge in [0.25, 0.3) is 5.91 Å². The molecular formula is C21H29N3O3. The molecule has 1 aliphatic carbocycles. The number of piperidine rings is 1. The van der Waals surface area contributed by atoms with Crippen LogP contribution >= 0.6 is 0 Å². The highest BCUT2D eigenvalue weighted by molar-refractivity contribution is 5.96. The Balaban J connectivity index is 1.51. The third-order valence-corrected chi connectivity index (χ3v) is 5.55. The number of hydrogen-bond acceptors (Lipinski definition) is 3. The van der Waals surface area contributed by atoms with Gasteiger partial charge in [-0.05, 0) is 63.8 Å². The molecule has 0 bridgehead atoms. The third-order valence-electron chi connectivity index (χ3n) is 5.55. The minimum absolute atomic E-state index is 0.00339. The van der Waals surface area contributed by atoms with E-state index in [1.807, 2.05) is 18.7 Å². The number of hydrogen-bond donors (Lipinski definition) is 1. The predicted octanol–water partition coefficient (Wildman–Crippen LogP) is 2.76. The quantitative estimate of drug-likeness (QED) is 0.836. The normalized spacial score (nSPS) is 17.5. The van der Waals surface area contributed by atoms with Crippen LogP contribution in [0, 0.1) is 11.8 Å². The molecule has 1 N–H and O–H groups in total. The molecule has 0 atom stereocenters. The Morgan fingerprint density at radius 1 is 0.963 bits per heavy atom. The number of carbonyl (C=O) groups is 3. The van der Waals surface area contributed by atoms with Gasteiger partial charge in [0.1, 0.15) is 0 Å². The molecule has 1 aromatic rings. The molecule has 0 unspecified atom stereocenters. The zero-order valence-corrected chi connectivity index (χ0v) is 16.2. The zero-order valence-electron chi connectivity index (χ0n) is 16.2. The molecule has 2 aliphatic rings. The number of rotatable bonds is 6. The van der Waals surface area contributed by atoms with Gasteiger partial charge in [-0.25, -0.2) is 0 Å². The molecule has 146 valence electrons. The second-order valence-corrected chi connectivity index (χ2v) is 7.42. The number of anilines is 1. The fraction of sp³-hybridized carbons (Fsp3) is 0.571. The number of amides is 3. The fourth-order valence-corrected chi connectivity index (χ4v) is 3.58. The molecular weight excluding hydrogens is 342 g/mol. The van der Waals surface area contributed by atoms with E-state index in [0.717, 1.165) is 12.8 Å². The van der Waals surface area contributed by atoms with E-state index in [1.165, 1.54) is 0 Å². The summed E-state index contributed by atoms with van der Waals surface area (Å²) in [4.78, 5) is 40.6. The van der Waals surface area contributed by atoms with Crippen molar-refractivity contribution in [2.75, 3.05) is 31.5 Å². The smallest absolute Gasteiger partial charge is 0.253 e. The Morgan fingerprint density at radius 2 is 1.56 bits per heavy atom. The third kappa shape index (κ3) is 4.67. The molecule has 3 amide bonds. The van der Waals surface area contributed by atoms with E-state index in [2.05, 4.69) is 5.32 Å². The first kappa shape index (κ1) is 19.4. The van der Waals surface area contributed by atoms with E-state index in [0.29, 0.717) is 50.3 Å². The minimum atomic E-state index is -0.0646. The van der Waals surface area contributed by atoms with Gasteiger partial charge in [-0.2, -0.15) is 0 Å². The van der Waals surface area contributed by atoms with E-state index in [9.17, 15) is 14.4 Å². The van der Waals surface area contributed by atoms with Gasteiger partial charge in [0.15, 0.2) is 0 Å². The van der Waals surface area contributed by atoms with E-state index in [4.69, 9.17) is 0 Å². The summed E-state index contributed by atoms with van der Waals surface area (Å²) < 4.78 is 0. The first-order valence-corrected chi connectivity index (χ1v) is 10.0. The summed E-state index contributed by atoms with van der Waals surface area (Å²) in [7, 11) is 0. The number of likely N-dealkylation sites (tertiary alicyclic amines) is 1. The lowest BCUT2D eigenvalue weighted by Gasteiger charge is -2.31. The van der Waals surface area contributed by atoms with Crippen molar-refractivity contribution in [2.45, 2.75) is 39.5 Å². The van der Waals surface area contributed by atoms with Crippen molar-refractivity contribution in [3.63, 3.8) is 0 Å². The standard InChI is InChI=1S/C21H29N3O3/c1-3-23(4-2)20(26)17-7-9-18(10-8-17)22-19(25)15-11-13-24(14-12-15)21(27)16-5-6-16/h7-10,15-16H,3-6,11-14H2,1-2H3,(H,22,25). The average Bonchev–Trinajstić information content (AvgIpc) is 3.54. The summed E-state index contributed by atoms with van der Waals surface area (Å²) in [5.74, 6) is 0.447. The molecule has 1 saturated heterocycles. The van der Waals surface area contributed by atoms with Crippen LogP contribution in [0.3, 0.4) is 0 Å². The predicted molar refractivity (Wildman–Crippen MR) is 104 cm³/mol. The number of nitrogens with one attached hydrogen (secondary N) is 1. The first-order valence-electron chi connectivity index (χ1n) is 10.0. The van der Waals surface area contributed by atoms with Gasteiger partial charge in [-0.15, -0.1) is 0 Å².